The van der Waals surface area contributed by atoms with Gasteiger partial charge in [0, 0.05) is 40.5 Å². The SMILES string of the molecule is Brc1cccc2c1Sc1c(cccc1-c1ccc3c(c1)c1cc(-c4ccccc4)ccc1n3-c1ccccc1)S2. The number of para-hydroxylation sites is 1. The van der Waals surface area contributed by atoms with Crippen molar-refractivity contribution in [2.75, 3.05) is 0 Å². The summed E-state index contributed by atoms with van der Waals surface area (Å²) < 4.78 is 3.54. The van der Waals surface area contributed by atoms with Gasteiger partial charge in [0.2, 0.25) is 0 Å². The average molecular weight is 613 g/mol. The van der Waals surface area contributed by atoms with E-state index in [-0.39, 0.29) is 0 Å². The molecule has 0 unspecified atom stereocenters. The summed E-state index contributed by atoms with van der Waals surface area (Å²) in [7, 11) is 0. The lowest BCUT2D eigenvalue weighted by molar-refractivity contribution is 1.14. The molecule has 0 saturated heterocycles. The summed E-state index contributed by atoms with van der Waals surface area (Å²) >= 11 is 7.51. The number of hydrogen-bond donors (Lipinski definition) is 0. The average Bonchev–Trinajstić information content (AvgIpc) is 3.34. The molecule has 0 saturated carbocycles. The van der Waals surface area contributed by atoms with Crippen molar-refractivity contribution in [2.45, 2.75) is 19.6 Å². The second-order valence-corrected chi connectivity index (χ2v) is 12.9. The van der Waals surface area contributed by atoms with Crippen molar-refractivity contribution < 1.29 is 0 Å². The maximum atomic E-state index is 3.79. The van der Waals surface area contributed by atoms with Crippen LogP contribution in [0.15, 0.2) is 158 Å². The first-order chi connectivity index (χ1) is 19.7. The Bertz CT molecular complexity index is 2060. The highest BCUT2D eigenvalue weighted by Gasteiger charge is 2.23. The third-order valence-corrected chi connectivity index (χ3v) is 11.1. The minimum Gasteiger partial charge on any atom is -0.309 e. The minimum atomic E-state index is 1.15. The molecular formula is C36H22BrNS2. The predicted molar refractivity (Wildman–Crippen MR) is 174 cm³/mol. The van der Waals surface area contributed by atoms with Gasteiger partial charge in [0.25, 0.3) is 0 Å². The van der Waals surface area contributed by atoms with Gasteiger partial charge in [-0.15, -0.1) is 0 Å². The molecule has 0 bridgehead atoms. The molecule has 4 heteroatoms. The van der Waals surface area contributed by atoms with E-state index in [1.165, 1.54) is 69.3 Å². The summed E-state index contributed by atoms with van der Waals surface area (Å²) in [5.41, 5.74) is 8.59. The number of halogens is 1. The molecule has 2 heterocycles. The minimum absolute atomic E-state index is 1.15. The van der Waals surface area contributed by atoms with E-state index in [1.807, 2.05) is 23.5 Å². The molecule has 6 aromatic carbocycles. The summed E-state index contributed by atoms with van der Waals surface area (Å²) in [5, 5.41) is 2.53. The number of rotatable bonds is 3. The van der Waals surface area contributed by atoms with Crippen LogP contribution in [0.5, 0.6) is 0 Å². The van der Waals surface area contributed by atoms with Gasteiger partial charge in [-0.25, -0.2) is 0 Å². The first-order valence-electron chi connectivity index (χ1n) is 13.2. The fourth-order valence-electron chi connectivity index (χ4n) is 5.67. The fraction of sp³-hybridized carbons (Fsp3) is 0. The van der Waals surface area contributed by atoms with Crippen LogP contribution >= 0.6 is 39.5 Å². The van der Waals surface area contributed by atoms with Gasteiger partial charge in [0.1, 0.15) is 0 Å². The van der Waals surface area contributed by atoms with Crippen molar-refractivity contribution in [3.63, 3.8) is 0 Å². The maximum absolute atomic E-state index is 3.79. The molecule has 0 radical (unpaired) electrons. The number of hydrogen-bond acceptors (Lipinski definition) is 2. The summed E-state index contributed by atoms with van der Waals surface area (Å²) in [5.74, 6) is 0. The molecule has 0 fully saturated rings. The Morgan fingerprint density at radius 3 is 1.85 bits per heavy atom. The number of aromatic nitrogens is 1. The third-order valence-electron chi connectivity index (χ3n) is 7.53. The Morgan fingerprint density at radius 2 is 1.10 bits per heavy atom. The summed E-state index contributed by atoms with van der Waals surface area (Å²) in [6.07, 6.45) is 0. The Balaban J connectivity index is 1.36. The third kappa shape index (κ3) is 3.94. The molecule has 1 aromatic heterocycles. The van der Waals surface area contributed by atoms with Crippen LogP contribution in [-0.2, 0) is 0 Å². The van der Waals surface area contributed by atoms with Crippen molar-refractivity contribution in [3.05, 3.63) is 138 Å². The van der Waals surface area contributed by atoms with Gasteiger partial charge in [0.15, 0.2) is 0 Å². The van der Waals surface area contributed by atoms with Gasteiger partial charge in [-0.05, 0) is 92.8 Å². The van der Waals surface area contributed by atoms with Crippen LogP contribution in [0, 0.1) is 0 Å². The molecular weight excluding hydrogens is 590 g/mol. The van der Waals surface area contributed by atoms with Crippen LogP contribution < -0.4 is 0 Å². The van der Waals surface area contributed by atoms with Crippen LogP contribution in [0.2, 0.25) is 0 Å². The molecule has 1 aliphatic rings. The zero-order valence-corrected chi connectivity index (χ0v) is 24.6. The molecule has 7 aromatic rings. The summed E-state index contributed by atoms with van der Waals surface area (Å²) in [6.45, 7) is 0. The van der Waals surface area contributed by atoms with Crippen molar-refractivity contribution in [1.82, 2.24) is 4.57 Å². The van der Waals surface area contributed by atoms with Gasteiger partial charge in [-0.3, -0.25) is 0 Å². The molecule has 1 aliphatic heterocycles. The molecule has 0 atom stereocenters. The number of nitrogens with zero attached hydrogens (tertiary/aromatic N) is 1. The van der Waals surface area contributed by atoms with E-state index in [4.69, 9.17) is 0 Å². The van der Waals surface area contributed by atoms with Crippen molar-refractivity contribution in [3.8, 4) is 27.9 Å². The second-order valence-electron chi connectivity index (χ2n) is 9.90. The molecule has 1 nitrogen and oxygen atoms in total. The normalized spacial score (nSPS) is 12.4. The van der Waals surface area contributed by atoms with E-state index in [2.05, 4.69) is 154 Å². The van der Waals surface area contributed by atoms with Crippen molar-refractivity contribution in [1.29, 1.82) is 0 Å². The zero-order valence-electron chi connectivity index (χ0n) is 21.3. The van der Waals surface area contributed by atoms with E-state index in [1.54, 1.807) is 0 Å². The quantitative estimate of drug-likeness (QED) is 0.196. The smallest absolute Gasteiger partial charge is 0.0541 e. The highest BCUT2D eigenvalue weighted by molar-refractivity contribution is 9.10. The monoisotopic (exact) mass is 611 g/mol. The standard InChI is InChI=1S/C36H22BrNS2/c37-30-14-8-16-34-36(30)40-35-27(13-7-15-33(35)39-34)25-18-20-32-29(22-25)28-21-24(23-9-3-1-4-10-23)17-19-31(28)38(32)26-11-5-2-6-12-26/h1-22H. The molecule has 8 rings (SSSR count). The van der Waals surface area contributed by atoms with Crippen molar-refractivity contribution >= 4 is 61.3 Å². The van der Waals surface area contributed by atoms with Gasteiger partial charge in [0.05, 0.1) is 11.0 Å². The first-order valence-corrected chi connectivity index (χ1v) is 15.6. The Hall–Kier alpha value is -3.70. The fourth-order valence-corrected chi connectivity index (χ4v) is 8.85. The lowest BCUT2D eigenvalue weighted by atomic mass is 10.0. The van der Waals surface area contributed by atoms with Gasteiger partial charge in [-0.1, -0.05) is 102 Å². The van der Waals surface area contributed by atoms with Crippen LogP contribution in [0.3, 0.4) is 0 Å². The van der Waals surface area contributed by atoms with Crippen molar-refractivity contribution in [2.24, 2.45) is 0 Å². The topological polar surface area (TPSA) is 4.93 Å². The van der Waals surface area contributed by atoms with Crippen LogP contribution in [0.1, 0.15) is 0 Å². The second kappa shape index (κ2) is 9.74. The van der Waals surface area contributed by atoms with Crippen LogP contribution in [-0.4, -0.2) is 4.57 Å². The lowest BCUT2D eigenvalue weighted by Gasteiger charge is -2.22. The van der Waals surface area contributed by atoms with E-state index in [9.17, 15) is 0 Å². The van der Waals surface area contributed by atoms with Gasteiger partial charge >= 0.3 is 0 Å². The summed E-state index contributed by atoms with van der Waals surface area (Å²) in [4.78, 5) is 5.23. The van der Waals surface area contributed by atoms with Crippen LogP contribution in [0.4, 0.5) is 0 Å². The first kappa shape index (κ1) is 24.1. The highest BCUT2D eigenvalue weighted by atomic mass is 79.9. The molecule has 40 heavy (non-hydrogen) atoms. The summed E-state index contributed by atoms with van der Waals surface area (Å²) in [6, 6.07) is 48.3. The predicted octanol–water partition coefficient (Wildman–Crippen LogP) is 11.5. The van der Waals surface area contributed by atoms with Crippen LogP contribution in [0.25, 0.3) is 49.7 Å². The Labute approximate surface area is 250 Å². The highest BCUT2D eigenvalue weighted by Crippen LogP contribution is 2.54. The number of benzene rings is 6. The number of fused-ring (bicyclic) bond motifs is 5. The molecule has 0 amide bonds. The Kier molecular flexibility index (Phi) is 5.87. The molecule has 0 spiro atoms. The lowest BCUT2D eigenvalue weighted by Crippen LogP contribution is -1.94. The van der Waals surface area contributed by atoms with E-state index < -0.39 is 0 Å². The van der Waals surface area contributed by atoms with Gasteiger partial charge < -0.3 is 4.57 Å². The largest absolute Gasteiger partial charge is 0.309 e. The van der Waals surface area contributed by atoms with E-state index in [0.717, 1.165) is 4.47 Å². The maximum Gasteiger partial charge on any atom is 0.0541 e. The van der Waals surface area contributed by atoms with Gasteiger partial charge in [-0.2, -0.15) is 0 Å². The molecule has 0 N–H and O–H groups in total. The van der Waals surface area contributed by atoms with E-state index in [0.29, 0.717) is 0 Å². The zero-order chi connectivity index (χ0) is 26.6. The Morgan fingerprint density at radius 1 is 0.475 bits per heavy atom. The molecule has 190 valence electrons. The molecule has 0 aliphatic carbocycles. The van der Waals surface area contributed by atoms with E-state index >= 15 is 0 Å².